The maximum atomic E-state index is 13.6. The Balaban J connectivity index is 1.03. The summed E-state index contributed by atoms with van der Waals surface area (Å²) in [5.74, 6) is 2.00. The summed E-state index contributed by atoms with van der Waals surface area (Å²) < 4.78 is 0. The van der Waals surface area contributed by atoms with Crippen LogP contribution in [-0.4, -0.2) is 51.7 Å². The summed E-state index contributed by atoms with van der Waals surface area (Å²) in [6.45, 7) is 2.80. The lowest BCUT2D eigenvalue weighted by molar-refractivity contribution is -0.176. The quantitative estimate of drug-likeness (QED) is 0.604. The number of hydrogen-bond acceptors (Lipinski definition) is 4. The second-order valence-electron chi connectivity index (χ2n) is 12.7. The molecule has 2 amide bonds. The Morgan fingerprint density at radius 3 is 2.71 bits per heavy atom. The zero-order chi connectivity index (χ0) is 23.5. The van der Waals surface area contributed by atoms with E-state index in [1.54, 1.807) is 0 Å². The number of aliphatic hydroxyl groups is 2. The van der Waals surface area contributed by atoms with Gasteiger partial charge in [0.15, 0.2) is 0 Å². The third kappa shape index (κ3) is 2.70. The lowest BCUT2D eigenvalue weighted by Crippen LogP contribution is -2.57. The first-order valence-corrected chi connectivity index (χ1v) is 13.3. The van der Waals surface area contributed by atoms with Crippen LogP contribution in [0.1, 0.15) is 62.5 Å². The standard InChI is InChI=1S/C28H36N2O4/c1-16-8-22(29-25(33)26(15-31)5-6-26)3-2-17(16)9-18-4-7-30(24(18)32)23-19-10-21-14-28(34)13-20(23)12-27(21,28)11-19/h2-3,8,18-21,23,31,34H,4-7,9-15H2,1H3,(H,29,33)/t18?,19?,20?,21-,23?,27?,28?/m1/s1. The number of aliphatic hydroxyl groups excluding tert-OH is 1. The van der Waals surface area contributed by atoms with Gasteiger partial charge in [0.2, 0.25) is 11.8 Å². The Bertz CT molecular complexity index is 1080. The van der Waals surface area contributed by atoms with Crippen LogP contribution >= 0.6 is 0 Å². The second-order valence-corrected chi connectivity index (χ2v) is 12.7. The number of nitrogens with zero attached hydrogens (tertiary/aromatic N) is 1. The van der Waals surface area contributed by atoms with Crippen molar-refractivity contribution >= 4 is 17.5 Å². The SMILES string of the molecule is Cc1cc(NC(=O)C2(CO)CC2)ccc1CC1CCN(C2C3C[C@@H]4CC5(O)CC2CC45C3)C1=O. The molecule has 182 valence electrons. The molecule has 1 aromatic rings. The van der Waals surface area contributed by atoms with E-state index in [2.05, 4.69) is 10.2 Å². The fourth-order valence-electron chi connectivity index (χ4n) is 9.12. The van der Waals surface area contributed by atoms with Gasteiger partial charge in [-0.25, -0.2) is 0 Å². The van der Waals surface area contributed by atoms with E-state index >= 15 is 0 Å². The van der Waals surface area contributed by atoms with Crippen molar-refractivity contribution in [2.75, 3.05) is 18.5 Å². The third-order valence-corrected chi connectivity index (χ3v) is 11.1. The van der Waals surface area contributed by atoms with Gasteiger partial charge in [0.1, 0.15) is 0 Å². The largest absolute Gasteiger partial charge is 0.395 e. The molecule has 3 N–H and O–H groups in total. The molecule has 6 unspecified atom stereocenters. The van der Waals surface area contributed by atoms with Gasteiger partial charge in [0.25, 0.3) is 0 Å². The number of rotatable bonds is 6. The Labute approximate surface area is 201 Å². The van der Waals surface area contributed by atoms with Crippen molar-refractivity contribution in [3.63, 3.8) is 0 Å². The van der Waals surface area contributed by atoms with Crippen molar-refractivity contribution < 1.29 is 19.8 Å². The molecule has 7 atom stereocenters. The number of benzene rings is 1. The fourth-order valence-corrected chi connectivity index (χ4v) is 9.12. The monoisotopic (exact) mass is 464 g/mol. The van der Waals surface area contributed by atoms with E-state index in [1.807, 2.05) is 25.1 Å². The first-order valence-electron chi connectivity index (χ1n) is 13.3. The molecule has 0 aromatic heterocycles. The zero-order valence-corrected chi connectivity index (χ0v) is 20.1. The number of nitrogens with one attached hydrogen (secondary N) is 1. The Hall–Kier alpha value is -1.92. The van der Waals surface area contributed by atoms with Gasteiger partial charge in [-0.3, -0.25) is 9.59 Å². The van der Waals surface area contributed by atoms with Crippen LogP contribution in [0.25, 0.3) is 0 Å². The Morgan fingerprint density at radius 2 is 1.97 bits per heavy atom. The van der Waals surface area contributed by atoms with E-state index in [0.717, 1.165) is 69.2 Å². The van der Waals surface area contributed by atoms with Gasteiger partial charge >= 0.3 is 0 Å². The van der Waals surface area contributed by atoms with E-state index in [9.17, 15) is 19.8 Å². The molecule has 7 rings (SSSR count). The molecule has 3 bridgehead atoms. The Morgan fingerprint density at radius 1 is 1.18 bits per heavy atom. The first kappa shape index (κ1) is 21.4. The Kier molecular flexibility index (Phi) is 4.30. The lowest BCUT2D eigenvalue weighted by atomic mass is 9.53. The summed E-state index contributed by atoms with van der Waals surface area (Å²) in [5, 5.41) is 23.7. The highest BCUT2D eigenvalue weighted by atomic mass is 16.3. The van der Waals surface area contributed by atoms with Gasteiger partial charge < -0.3 is 20.4 Å². The van der Waals surface area contributed by atoms with Gasteiger partial charge in [-0.1, -0.05) is 6.07 Å². The van der Waals surface area contributed by atoms with Gasteiger partial charge in [-0.05, 0) is 106 Å². The first-order chi connectivity index (χ1) is 16.3. The summed E-state index contributed by atoms with van der Waals surface area (Å²) in [5.41, 5.74) is 2.20. The topological polar surface area (TPSA) is 89.9 Å². The van der Waals surface area contributed by atoms with Gasteiger partial charge in [0, 0.05) is 29.6 Å². The molecular weight excluding hydrogens is 428 g/mol. The fraction of sp³-hybridized carbons (Fsp3) is 0.714. The van der Waals surface area contributed by atoms with Crippen LogP contribution in [-0.2, 0) is 16.0 Å². The van der Waals surface area contributed by atoms with Crippen LogP contribution in [0.2, 0.25) is 0 Å². The van der Waals surface area contributed by atoms with Crippen LogP contribution in [0.4, 0.5) is 5.69 Å². The maximum absolute atomic E-state index is 13.6. The lowest BCUT2D eigenvalue weighted by Gasteiger charge is -2.55. The molecule has 34 heavy (non-hydrogen) atoms. The minimum atomic E-state index is -0.583. The van der Waals surface area contributed by atoms with E-state index in [0.29, 0.717) is 29.7 Å². The minimum absolute atomic E-state index is 0.0235. The van der Waals surface area contributed by atoms with E-state index in [4.69, 9.17) is 0 Å². The molecule has 6 nitrogen and oxygen atoms in total. The normalized spacial score (nSPS) is 42.6. The van der Waals surface area contributed by atoms with E-state index < -0.39 is 11.0 Å². The highest BCUT2D eigenvalue weighted by Crippen LogP contribution is 2.77. The second kappa shape index (κ2) is 6.85. The molecule has 1 aliphatic heterocycles. The molecular formula is C28H36N2O4. The summed E-state index contributed by atoms with van der Waals surface area (Å²) in [7, 11) is 0. The van der Waals surface area contributed by atoms with Crippen LogP contribution < -0.4 is 5.32 Å². The molecule has 1 aromatic carbocycles. The predicted octanol–water partition coefficient (Wildman–Crippen LogP) is 3.04. The number of amides is 2. The molecule has 1 heterocycles. The van der Waals surface area contributed by atoms with E-state index in [1.165, 1.54) is 12.0 Å². The van der Waals surface area contributed by atoms with Gasteiger partial charge in [-0.15, -0.1) is 0 Å². The highest BCUT2D eigenvalue weighted by Gasteiger charge is 2.76. The zero-order valence-electron chi connectivity index (χ0n) is 20.1. The minimum Gasteiger partial charge on any atom is -0.395 e. The average Bonchev–Trinajstić information content (AvgIpc) is 3.43. The summed E-state index contributed by atoms with van der Waals surface area (Å²) in [6.07, 6.45) is 8.53. The van der Waals surface area contributed by atoms with Gasteiger partial charge in [0.05, 0.1) is 17.6 Å². The molecule has 6 heteroatoms. The maximum Gasteiger partial charge on any atom is 0.232 e. The number of likely N-dealkylation sites (tertiary alicyclic amines) is 1. The van der Waals surface area contributed by atoms with Crippen LogP contribution in [0, 0.1) is 41.4 Å². The number of hydrogen-bond donors (Lipinski definition) is 3. The van der Waals surface area contributed by atoms with Crippen molar-refractivity contribution in [3.05, 3.63) is 29.3 Å². The number of fused-ring (bicyclic) bond motifs is 2. The molecule has 0 radical (unpaired) electrons. The number of aryl methyl sites for hydroxylation is 1. The molecule has 5 aliphatic carbocycles. The number of carbonyl (C=O) groups is 2. The van der Waals surface area contributed by atoms with Gasteiger partial charge in [-0.2, -0.15) is 0 Å². The van der Waals surface area contributed by atoms with E-state index in [-0.39, 0.29) is 23.8 Å². The van der Waals surface area contributed by atoms with Crippen molar-refractivity contribution in [2.45, 2.75) is 76.4 Å². The number of anilines is 1. The summed E-state index contributed by atoms with van der Waals surface area (Å²) >= 11 is 0. The van der Waals surface area contributed by atoms with Crippen LogP contribution in [0.15, 0.2) is 18.2 Å². The highest BCUT2D eigenvalue weighted by molar-refractivity contribution is 5.97. The number of carbonyl (C=O) groups excluding carboxylic acids is 2. The predicted molar refractivity (Wildman–Crippen MR) is 127 cm³/mol. The summed E-state index contributed by atoms with van der Waals surface area (Å²) in [6, 6.07) is 6.30. The molecule has 6 aliphatic rings. The molecule has 6 fully saturated rings. The smallest absolute Gasteiger partial charge is 0.232 e. The summed E-state index contributed by atoms with van der Waals surface area (Å²) in [4.78, 5) is 28.3. The third-order valence-electron chi connectivity index (χ3n) is 11.1. The van der Waals surface area contributed by atoms with Crippen molar-refractivity contribution in [1.29, 1.82) is 0 Å². The van der Waals surface area contributed by atoms with Crippen molar-refractivity contribution in [2.24, 2.45) is 34.5 Å². The van der Waals surface area contributed by atoms with Crippen LogP contribution in [0.3, 0.4) is 0 Å². The van der Waals surface area contributed by atoms with Crippen molar-refractivity contribution in [1.82, 2.24) is 4.90 Å². The molecule has 5 saturated carbocycles. The van der Waals surface area contributed by atoms with Crippen LogP contribution in [0.5, 0.6) is 0 Å². The van der Waals surface area contributed by atoms with Crippen molar-refractivity contribution in [3.8, 4) is 0 Å². The molecule has 1 saturated heterocycles. The molecule has 1 spiro atoms. The average molecular weight is 465 g/mol.